The Morgan fingerprint density at radius 1 is 1.43 bits per heavy atom. The highest BCUT2D eigenvalue weighted by Crippen LogP contribution is 1.84. The smallest absolute Gasteiger partial charge is 0.246 e. The maximum Gasteiger partial charge on any atom is 0.246 e. The molecular weight excluding hydrogens is 182 g/mol. The summed E-state index contributed by atoms with van der Waals surface area (Å²) in [7, 11) is 0. The summed E-state index contributed by atoms with van der Waals surface area (Å²) < 4.78 is 9.99. The fourth-order valence-electron chi connectivity index (χ4n) is 0.680. The van der Waals surface area contributed by atoms with Gasteiger partial charge in [0.1, 0.15) is 6.61 Å². The lowest BCUT2D eigenvalue weighted by Gasteiger charge is -2.05. The maximum atomic E-state index is 11.0. The third kappa shape index (κ3) is 7.36. The molecule has 0 aromatic heterocycles. The van der Waals surface area contributed by atoms with E-state index in [1.165, 1.54) is 6.26 Å². The highest BCUT2D eigenvalue weighted by atomic mass is 16.5. The van der Waals surface area contributed by atoms with Crippen molar-refractivity contribution in [3.63, 3.8) is 0 Å². The van der Waals surface area contributed by atoms with Gasteiger partial charge in [0.15, 0.2) is 0 Å². The number of rotatable bonds is 8. The van der Waals surface area contributed by atoms with E-state index in [-0.39, 0.29) is 5.91 Å². The van der Waals surface area contributed by atoms with E-state index in [1.54, 1.807) is 6.92 Å². The van der Waals surface area contributed by atoms with E-state index in [1.807, 2.05) is 0 Å². The van der Waals surface area contributed by atoms with Crippen molar-refractivity contribution in [2.45, 2.75) is 6.92 Å². The molecule has 14 heavy (non-hydrogen) atoms. The number of nitrogens with one attached hydrogen (secondary N) is 1. The van der Waals surface area contributed by atoms with Crippen LogP contribution in [0.1, 0.15) is 6.92 Å². The number of carbonyl (C=O) groups excluding carboxylic acids is 1. The molecule has 80 valence electrons. The first-order chi connectivity index (χ1) is 6.68. The van der Waals surface area contributed by atoms with E-state index >= 15 is 0 Å². The molecule has 0 aromatic rings. The van der Waals surface area contributed by atoms with Gasteiger partial charge in [-0.25, -0.2) is 0 Å². The lowest BCUT2D eigenvalue weighted by atomic mass is 10.3. The fraction of sp³-hybridized carbons (Fsp3) is 0.500. The zero-order chi connectivity index (χ0) is 10.8. The number of amides is 1. The van der Waals surface area contributed by atoms with Gasteiger partial charge in [0, 0.05) is 12.1 Å². The Morgan fingerprint density at radius 2 is 2.14 bits per heavy atom. The summed E-state index contributed by atoms with van der Waals surface area (Å²) in [6.45, 7) is 10.5. The molecule has 4 nitrogen and oxygen atoms in total. The van der Waals surface area contributed by atoms with Gasteiger partial charge in [-0.2, -0.15) is 0 Å². The van der Waals surface area contributed by atoms with Crippen LogP contribution in [-0.2, 0) is 14.3 Å². The summed E-state index contributed by atoms with van der Waals surface area (Å²) in [6.07, 6.45) is 1.37. The van der Waals surface area contributed by atoms with E-state index in [0.717, 1.165) is 0 Å². The second kappa shape index (κ2) is 8.31. The lowest BCUT2D eigenvalue weighted by molar-refractivity contribution is -0.117. The highest BCUT2D eigenvalue weighted by Gasteiger charge is 1.98. The van der Waals surface area contributed by atoms with Crippen molar-refractivity contribution >= 4 is 5.91 Å². The third-order valence-corrected chi connectivity index (χ3v) is 1.38. The summed E-state index contributed by atoms with van der Waals surface area (Å²) in [5.74, 6) is -0.143. The van der Waals surface area contributed by atoms with Crippen LogP contribution >= 0.6 is 0 Å². The fourth-order valence-corrected chi connectivity index (χ4v) is 0.680. The van der Waals surface area contributed by atoms with Crippen LogP contribution in [-0.4, -0.2) is 32.3 Å². The minimum atomic E-state index is -0.143. The molecule has 0 fully saturated rings. The van der Waals surface area contributed by atoms with E-state index in [9.17, 15) is 4.79 Å². The number of ether oxygens (including phenoxy) is 2. The zero-order valence-corrected chi connectivity index (χ0v) is 8.54. The second-order valence-corrected chi connectivity index (χ2v) is 2.69. The largest absolute Gasteiger partial charge is 0.499 e. The molecule has 0 spiro atoms. The third-order valence-electron chi connectivity index (χ3n) is 1.38. The summed E-state index contributed by atoms with van der Waals surface area (Å²) in [4.78, 5) is 11.0. The van der Waals surface area contributed by atoms with Crippen molar-refractivity contribution in [1.29, 1.82) is 0 Å². The van der Waals surface area contributed by atoms with Crippen LogP contribution in [0.4, 0.5) is 0 Å². The Morgan fingerprint density at radius 3 is 2.71 bits per heavy atom. The van der Waals surface area contributed by atoms with Crippen molar-refractivity contribution < 1.29 is 14.3 Å². The molecule has 0 rings (SSSR count). The standard InChI is InChI=1S/C10H17NO3/c1-4-13-7-8-14-6-5-11-10(12)9(2)3/h4H,1-2,5-8H2,3H3,(H,11,12). The van der Waals surface area contributed by atoms with Gasteiger partial charge in [-0.05, 0) is 6.92 Å². The molecule has 0 bridgehead atoms. The minimum absolute atomic E-state index is 0.143. The average molecular weight is 199 g/mol. The van der Waals surface area contributed by atoms with Crippen molar-refractivity contribution in [3.8, 4) is 0 Å². The molecule has 1 amide bonds. The molecule has 0 unspecified atom stereocenters. The molecule has 0 aliphatic carbocycles. The van der Waals surface area contributed by atoms with E-state index in [4.69, 9.17) is 9.47 Å². The Hall–Kier alpha value is -1.29. The van der Waals surface area contributed by atoms with Crippen LogP contribution in [0.15, 0.2) is 25.0 Å². The van der Waals surface area contributed by atoms with Crippen LogP contribution in [0.2, 0.25) is 0 Å². The van der Waals surface area contributed by atoms with Crippen LogP contribution in [0.5, 0.6) is 0 Å². The quantitative estimate of drug-likeness (QED) is 0.358. The van der Waals surface area contributed by atoms with E-state index in [0.29, 0.717) is 31.9 Å². The summed E-state index contributed by atoms with van der Waals surface area (Å²) in [6, 6.07) is 0. The number of hydrogen-bond acceptors (Lipinski definition) is 3. The predicted octanol–water partition coefficient (Wildman–Crippen LogP) is 0.855. The van der Waals surface area contributed by atoms with Gasteiger partial charge in [0.05, 0.1) is 19.5 Å². The van der Waals surface area contributed by atoms with Gasteiger partial charge < -0.3 is 14.8 Å². The van der Waals surface area contributed by atoms with Crippen LogP contribution in [0.25, 0.3) is 0 Å². The molecule has 0 aliphatic rings. The molecular formula is C10H17NO3. The number of carbonyl (C=O) groups is 1. The van der Waals surface area contributed by atoms with Crippen LogP contribution in [0.3, 0.4) is 0 Å². The Labute approximate surface area is 84.6 Å². The topological polar surface area (TPSA) is 47.6 Å². The van der Waals surface area contributed by atoms with Crippen molar-refractivity contribution in [3.05, 3.63) is 25.0 Å². The zero-order valence-electron chi connectivity index (χ0n) is 8.54. The molecule has 0 saturated heterocycles. The van der Waals surface area contributed by atoms with E-state index in [2.05, 4.69) is 18.5 Å². The normalized spacial score (nSPS) is 9.21. The molecule has 0 aromatic carbocycles. The first kappa shape index (κ1) is 12.7. The average Bonchev–Trinajstić information content (AvgIpc) is 2.16. The minimum Gasteiger partial charge on any atom is -0.499 e. The Balaban J connectivity index is 3.17. The second-order valence-electron chi connectivity index (χ2n) is 2.69. The van der Waals surface area contributed by atoms with Gasteiger partial charge in [-0.1, -0.05) is 13.2 Å². The predicted molar refractivity (Wildman–Crippen MR) is 54.8 cm³/mol. The molecule has 1 N–H and O–H groups in total. The van der Waals surface area contributed by atoms with Gasteiger partial charge in [0.2, 0.25) is 5.91 Å². The lowest BCUT2D eigenvalue weighted by Crippen LogP contribution is -2.27. The van der Waals surface area contributed by atoms with Crippen molar-refractivity contribution in [2.24, 2.45) is 0 Å². The summed E-state index contributed by atoms with van der Waals surface area (Å²) in [5.41, 5.74) is 0.500. The van der Waals surface area contributed by atoms with Crippen molar-refractivity contribution in [2.75, 3.05) is 26.4 Å². The maximum absolute atomic E-state index is 11.0. The van der Waals surface area contributed by atoms with Crippen LogP contribution < -0.4 is 5.32 Å². The number of hydrogen-bond donors (Lipinski definition) is 1. The monoisotopic (exact) mass is 199 g/mol. The van der Waals surface area contributed by atoms with Gasteiger partial charge in [0.25, 0.3) is 0 Å². The first-order valence-corrected chi connectivity index (χ1v) is 4.42. The Bertz CT molecular complexity index is 202. The molecule has 0 radical (unpaired) electrons. The van der Waals surface area contributed by atoms with E-state index < -0.39 is 0 Å². The first-order valence-electron chi connectivity index (χ1n) is 4.42. The van der Waals surface area contributed by atoms with Crippen LogP contribution in [0, 0.1) is 0 Å². The Kier molecular flexibility index (Phi) is 7.55. The van der Waals surface area contributed by atoms with Gasteiger partial charge >= 0.3 is 0 Å². The van der Waals surface area contributed by atoms with Gasteiger partial charge in [-0.3, -0.25) is 4.79 Å². The molecule has 0 atom stereocenters. The summed E-state index contributed by atoms with van der Waals surface area (Å²) in [5, 5.41) is 2.65. The molecule has 0 aliphatic heterocycles. The van der Waals surface area contributed by atoms with Crippen molar-refractivity contribution in [1.82, 2.24) is 5.32 Å². The molecule has 0 saturated carbocycles. The molecule has 0 heterocycles. The summed E-state index contributed by atoms with van der Waals surface area (Å²) >= 11 is 0. The molecule has 4 heteroatoms. The van der Waals surface area contributed by atoms with Gasteiger partial charge in [-0.15, -0.1) is 0 Å². The SMILES string of the molecule is C=COCCOCCNC(=O)C(=C)C. The highest BCUT2D eigenvalue weighted by molar-refractivity contribution is 5.91.